The Morgan fingerprint density at radius 1 is 1.00 bits per heavy atom. The molecule has 0 amide bonds. The summed E-state index contributed by atoms with van der Waals surface area (Å²) in [7, 11) is 3.18. The van der Waals surface area contributed by atoms with Crippen LogP contribution in [0.2, 0.25) is 0 Å². The fraction of sp³-hybridized carbons (Fsp3) is 0.222. The van der Waals surface area contributed by atoms with Crippen molar-refractivity contribution >= 4 is 16.7 Å². The smallest absolute Gasteiger partial charge is 0.162 e. The molecule has 0 fully saturated rings. The summed E-state index contributed by atoms with van der Waals surface area (Å²) >= 11 is 0. The van der Waals surface area contributed by atoms with E-state index in [4.69, 9.17) is 9.47 Å². The van der Waals surface area contributed by atoms with Gasteiger partial charge in [0.1, 0.15) is 18.0 Å². The Morgan fingerprint density at radius 3 is 2.42 bits per heavy atom. The Morgan fingerprint density at radius 2 is 1.71 bits per heavy atom. The van der Waals surface area contributed by atoms with E-state index < -0.39 is 0 Å². The molecule has 1 heterocycles. The first-order valence-electron chi connectivity index (χ1n) is 7.56. The highest BCUT2D eigenvalue weighted by Crippen LogP contribution is 2.33. The Hall–Kier alpha value is -2.89. The van der Waals surface area contributed by atoms with Crippen molar-refractivity contribution in [2.24, 2.45) is 0 Å². The second-order valence-electron chi connectivity index (χ2n) is 5.25. The largest absolute Gasteiger partial charge is 0.493 e. The van der Waals surface area contributed by atoms with Crippen LogP contribution in [0, 0.1) is 5.82 Å². The van der Waals surface area contributed by atoms with E-state index in [2.05, 4.69) is 15.3 Å². The minimum Gasteiger partial charge on any atom is -0.493 e. The summed E-state index contributed by atoms with van der Waals surface area (Å²) in [5.74, 6) is 1.75. The number of nitrogens with zero attached hydrogens (tertiary/aromatic N) is 2. The molecule has 6 heteroatoms. The molecule has 24 heavy (non-hydrogen) atoms. The number of hydrogen-bond donors (Lipinski definition) is 1. The summed E-state index contributed by atoms with van der Waals surface area (Å²) in [5.41, 5.74) is 1.83. The summed E-state index contributed by atoms with van der Waals surface area (Å²) in [5, 5.41) is 4.15. The zero-order chi connectivity index (χ0) is 16.9. The predicted molar refractivity (Wildman–Crippen MR) is 91.2 cm³/mol. The van der Waals surface area contributed by atoms with E-state index in [-0.39, 0.29) is 5.82 Å². The van der Waals surface area contributed by atoms with Gasteiger partial charge in [0, 0.05) is 18.0 Å². The standard InChI is InChI=1S/C18H18FN3O2/c1-23-16-9-14-15(10-17(16)24-2)21-11-22-18(14)20-8-7-12-3-5-13(19)6-4-12/h3-6,9-11H,7-8H2,1-2H3,(H,20,21,22). The van der Waals surface area contributed by atoms with Crippen molar-refractivity contribution in [2.45, 2.75) is 6.42 Å². The zero-order valence-corrected chi connectivity index (χ0v) is 13.5. The number of methoxy groups -OCH3 is 2. The molecule has 0 saturated carbocycles. The first-order chi connectivity index (χ1) is 11.7. The van der Waals surface area contributed by atoms with Crippen LogP contribution in [0.15, 0.2) is 42.7 Å². The second kappa shape index (κ2) is 7.12. The van der Waals surface area contributed by atoms with Crippen molar-refractivity contribution < 1.29 is 13.9 Å². The van der Waals surface area contributed by atoms with E-state index in [9.17, 15) is 4.39 Å². The highest BCUT2D eigenvalue weighted by molar-refractivity contribution is 5.91. The average molecular weight is 327 g/mol. The van der Waals surface area contributed by atoms with Crippen LogP contribution in [-0.4, -0.2) is 30.7 Å². The van der Waals surface area contributed by atoms with Gasteiger partial charge in [-0.25, -0.2) is 14.4 Å². The maximum atomic E-state index is 12.9. The third kappa shape index (κ3) is 3.37. The number of halogens is 1. The van der Waals surface area contributed by atoms with Crippen LogP contribution in [0.3, 0.4) is 0 Å². The number of ether oxygens (including phenoxy) is 2. The lowest BCUT2D eigenvalue weighted by atomic mass is 10.1. The number of nitrogens with one attached hydrogen (secondary N) is 1. The van der Waals surface area contributed by atoms with Crippen LogP contribution in [0.5, 0.6) is 11.5 Å². The van der Waals surface area contributed by atoms with E-state index in [0.29, 0.717) is 18.0 Å². The number of rotatable bonds is 6. The molecular formula is C18H18FN3O2. The molecule has 5 nitrogen and oxygen atoms in total. The lowest BCUT2D eigenvalue weighted by molar-refractivity contribution is 0.356. The van der Waals surface area contributed by atoms with E-state index in [1.165, 1.54) is 18.5 Å². The molecule has 0 spiro atoms. The van der Waals surface area contributed by atoms with Gasteiger partial charge in [-0.1, -0.05) is 12.1 Å². The molecule has 1 aromatic heterocycles. The topological polar surface area (TPSA) is 56.3 Å². The van der Waals surface area contributed by atoms with Crippen LogP contribution in [-0.2, 0) is 6.42 Å². The third-order valence-electron chi connectivity index (χ3n) is 3.76. The van der Waals surface area contributed by atoms with E-state index in [0.717, 1.165) is 28.7 Å². The Labute approximate surface area is 139 Å². The van der Waals surface area contributed by atoms with Crippen molar-refractivity contribution in [2.75, 3.05) is 26.1 Å². The summed E-state index contributed by atoms with van der Waals surface area (Å²) in [6, 6.07) is 10.2. The van der Waals surface area contributed by atoms with Crippen LogP contribution >= 0.6 is 0 Å². The number of benzene rings is 2. The van der Waals surface area contributed by atoms with Crippen LogP contribution in [0.4, 0.5) is 10.2 Å². The van der Waals surface area contributed by atoms with E-state index in [1.807, 2.05) is 12.1 Å². The molecule has 1 N–H and O–H groups in total. The van der Waals surface area contributed by atoms with Gasteiger partial charge < -0.3 is 14.8 Å². The molecule has 0 unspecified atom stereocenters. The summed E-state index contributed by atoms with van der Waals surface area (Å²) in [4.78, 5) is 8.58. The molecule has 0 radical (unpaired) electrons. The van der Waals surface area contributed by atoms with E-state index >= 15 is 0 Å². The second-order valence-corrected chi connectivity index (χ2v) is 5.25. The van der Waals surface area contributed by atoms with Crippen LogP contribution < -0.4 is 14.8 Å². The monoisotopic (exact) mass is 327 g/mol. The van der Waals surface area contributed by atoms with Gasteiger partial charge in [0.25, 0.3) is 0 Å². The van der Waals surface area contributed by atoms with Crippen molar-refractivity contribution in [3.05, 3.63) is 54.1 Å². The molecule has 124 valence electrons. The van der Waals surface area contributed by atoms with Gasteiger partial charge in [0.05, 0.1) is 19.7 Å². The Balaban J connectivity index is 1.80. The van der Waals surface area contributed by atoms with Crippen LogP contribution in [0.25, 0.3) is 10.9 Å². The maximum Gasteiger partial charge on any atom is 0.162 e. The number of anilines is 1. The van der Waals surface area contributed by atoms with Gasteiger partial charge in [0.2, 0.25) is 0 Å². The molecule has 0 bridgehead atoms. The molecule has 0 atom stereocenters. The summed E-state index contributed by atoms with van der Waals surface area (Å²) < 4.78 is 23.6. The molecule has 0 saturated heterocycles. The van der Waals surface area contributed by atoms with E-state index in [1.54, 1.807) is 26.4 Å². The van der Waals surface area contributed by atoms with Gasteiger partial charge in [-0.3, -0.25) is 0 Å². The van der Waals surface area contributed by atoms with Crippen LogP contribution in [0.1, 0.15) is 5.56 Å². The highest BCUT2D eigenvalue weighted by Gasteiger charge is 2.10. The quantitative estimate of drug-likeness (QED) is 0.751. The fourth-order valence-corrected chi connectivity index (χ4v) is 2.50. The van der Waals surface area contributed by atoms with Gasteiger partial charge in [0.15, 0.2) is 11.5 Å². The number of hydrogen-bond acceptors (Lipinski definition) is 5. The first-order valence-corrected chi connectivity index (χ1v) is 7.56. The van der Waals surface area contributed by atoms with Gasteiger partial charge in [-0.05, 0) is 30.2 Å². The Bertz CT molecular complexity index is 838. The minimum atomic E-state index is -0.227. The molecule has 3 rings (SSSR count). The van der Waals surface area contributed by atoms with Gasteiger partial charge in [-0.2, -0.15) is 0 Å². The fourth-order valence-electron chi connectivity index (χ4n) is 2.50. The zero-order valence-electron chi connectivity index (χ0n) is 13.5. The number of aromatic nitrogens is 2. The molecule has 2 aromatic carbocycles. The van der Waals surface area contributed by atoms with Crippen molar-refractivity contribution in [3.63, 3.8) is 0 Å². The SMILES string of the molecule is COc1cc2ncnc(NCCc3ccc(F)cc3)c2cc1OC. The number of fused-ring (bicyclic) bond motifs is 1. The van der Waals surface area contributed by atoms with Crippen molar-refractivity contribution in [3.8, 4) is 11.5 Å². The summed E-state index contributed by atoms with van der Waals surface area (Å²) in [6.07, 6.45) is 2.27. The minimum absolute atomic E-state index is 0.227. The molecule has 0 aliphatic heterocycles. The molecule has 3 aromatic rings. The molecular weight excluding hydrogens is 309 g/mol. The maximum absolute atomic E-state index is 12.9. The lowest BCUT2D eigenvalue weighted by Crippen LogP contribution is -2.07. The van der Waals surface area contributed by atoms with Gasteiger partial charge in [-0.15, -0.1) is 0 Å². The normalized spacial score (nSPS) is 10.6. The molecule has 0 aliphatic carbocycles. The predicted octanol–water partition coefficient (Wildman–Crippen LogP) is 3.44. The first kappa shape index (κ1) is 16.0. The summed E-state index contributed by atoms with van der Waals surface area (Å²) in [6.45, 7) is 0.673. The highest BCUT2D eigenvalue weighted by atomic mass is 19.1. The van der Waals surface area contributed by atoms with Gasteiger partial charge >= 0.3 is 0 Å². The average Bonchev–Trinajstić information content (AvgIpc) is 2.62. The van der Waals surface area contributed by atoms with Crippen molar-refractivity contribution in [1.29, 1.82) is 0 Å². The third-order valence-corrected chi connectivity index (χ3v) is 3.76. The van der Waals surface area contributed by atoms with Crippen molar-refractivity contribution in [1.82, 2.24) is 9.97 Å². The lowest BCUT2D eigenvalue weighted by Gasteiger charge is -2.12. The Kier molecular flexibility index (Phi) is 4.74. The molecule has 0 aliphatic rings.